The first-order valence-electron chi connectivity index (χ1n) is 3.80. The van der Waals surface area contributed by atoms with Crippen LogP contribution in [0, 0.1) is 0 Å². The maximum absolute atomic E-state index is 11.1. The summed E-state index contributed by atoms with van der Waals surface area (Å²) in [6.07, 6.45) is 0. The maximum atomic E-state index is 11.1. The number of benzene rings is 1. The van der Waals surface area contributed by atoms with Gasteiger partial charge in [0.05, 0.1) is 0 Å². The molecule has 0 aliphatic heterocycles. The smallest absolute Gasteiger partial charge is 0.242 e. The van der Waals surface area contributed by atoms with Crippen LogP contribution in [0.2, 0.25) is 0 Å². The van der Waals surface area contributed by atoms with E-state index in [4.69, 9.17) is 11.6 Å². The summed E-state index contributed by atoms with van der Waals surface area (Å²) in [6, 6.07) is 7.32. The second-order valence-electron chi connectivity index (χ2n) is 2.61. The number of hydrogen-bond donors (Lipinski definition) is 1. The monoisotopic (exact) mass is 261 g/mol. The van der Waals surface area contributed by atoms with Crippen LogP contribution in [0.1, 0.15) is 6.92 Å². The Morgan fingerprint density at radius 1 is 1.46 bits per heavy atom. The molecule has 0 aromatic heterocycles. The second-order valence-corrected chi connectivity index (χ2v) is 4.18. The third-order valence-electron chi connectivity index (χ3n) is 1.47. The van der Waals surface area contributed by atoms with Crippen molar-refractivity contribution < 1.29 is 4.79 Å². The van der Waals surface area contributed by atoms with E-state index in [0.717, 1.165) is 10.2 Å². The van der Waals surface area contributed by atoms with Crippen molar-refractivity contribution >= 4 is 39.1 Å². The SMILES string of the molecule is C[C@@H](Cl)C(=O)Nc1ccc(Br)cc1. The molecule has 70 valence electrons. The van der Waals surface area contributed by atoms with E-state index in [-0.39, 0.29) is 5.91 Å². The molecule has 4 heteroatoms. The molecule has 2 nitrogen and oxygen atoms in total. The molecule has 0 aliphatic carbocycles. The highest BCUT2D eigenvalue weighted by Gasteiger charge is 2.08. The molecule has 1 amide bonds. The lowest BCUT2D eigenvalue weighted by Crippen LogP contribution is -2.20. The first-order valence-corrected chi connectivity index (χ1v) is 5.03. The summed E-state index contributed by atoms with van der Waals surface area (Å²) < 4.78 is 0.976. The van der Waals surface area contributed by atoms with Crippen LogP contribution in [0.15, 0.2) is 28.7 Å². The predicted octanol–water partition coefficient (Wildman–Crippen LogP) is 3.01. The largest absolute Gasteiger partial charge is 0.325 e. The molecule has 0 aliphatic rings. The third-order valence-corrected chi connectivity index (χ3v) is 2.20. The zero-order chi connectivity index (χ0) is 9.84. The number of rotatable bonds is 2. The first-order chi connectivity index (χ1) is 6.09. The van der Waals surface area contributed by atoms with Gasteiger partial charge in [-0.25, -0.2) is 0 Å². The van der Waals surface area contributed by atoms with Crippen LogP contribution < -0.4 is 5.32 Å². The Bertz CT molecular complexity index is 297. The number of nitrogens with one attached hydrogen (secondary N) is 1. The fraction of sp³-hybridized carbons (Fsp3) is 0.222. The van der Waals surface area contributed by atoms with E-state index in [1.165, 1.54) is 0 Å². The third kappa shape index (κ3) is 3.36. The normalized spacial score (nSPS) is 12.2. The molecule has 0 spiro atoms. The molecule has 1 aromatic rings. The number of carbonyl (C=O) groups is 1. The van der Waals surface area contributed by atoms with Crippen LogP contribution in [0.5, 0.6) is 0 Å². The van der Waals surface area contributed by atoms with E-state index in [2.05, 4.69) is 21.2 Å². The van der Waals surface area contributed by atoms with Crippen molar-refractivity contribution in [3.8, 4) is 0 Å². The lowest BCUT2D eigenvalue weighted by Gasteiger charge is -2.05. The van der Waals surface area contributed by atoms with Gasteiger partial charge >= 0.3 is 0 Å². The summed E-state index contributed by atoms with van der Waals surface area (Å²) in [7, 11) is 0. The lowest BCUT2D eigenvalue weighted by molar-refractivity contribution is -0.115. The van der Waals surface area contributed by atoms with Crippen molar-refractivity contribution in [1.29, 1.82) is 0 Å². The fourth-order valence-corrected chi connectivity index (χ4v) is 1.09. The molecule has 0 saturated carbocycles. The molecule has 0 saturated heterocycles. The first kappa shape index (κ1) is 10.5. The van der Waals surface area contributed by atoms with E-state index in [0.29, 0.717) is 0 Å². The Hall–Kier alpha value is -0.540. The summed E-state index contributed by atoms with van der Waals surface area (Å²) >= 11 is 8.89. The van der Waals surface area contributed by atoms with Crippen molar-refractivity contribution in [3.63, 3.8) is 0 Å². The minimum atomic E-state index is -0.511. The molecule has 1 N–H and O–H groups in total. The van der Waals surface area contributed by atoms with Gasteiger partial charge in [0.25, 0.3) is 0 Å². The summed E-state index contributed by atoms with van der Waals surface area (Å²) in [5.74, 6) is -0.191. The van der Waals surface area contributed by atoms with Gasteiger partial charge in [-0.1, -0.05) is 15.9 Å². The molecular weight excluding hydrogens is 253 g/mol. The van der Waals surface area contributed by atoms with Gasteiger partial charge in [-0.15, -0.1) is 11.6 Å². The minimum Gasteiger partial charge on any atom is -0.325 e. The van der Waals surface area contributed by atoms with Gasteiger partial charge in [0.2, 0.25) is 5.91 Å². The lowest BCUT2D eigenvalue weighted by atomic mass is 10.3. The Morgan fingerprint density at radius 3 is 2.46 bits per heavy atom. The average Bonchev–Trinajstić information content (AvgIpc) is 2.08. The molecular formula is C9H9BrClNO. The Labute approximate surface area is 90.4 Å². The maximum Gasteiger partial charge on any atom is 0.242 e. The minimum absolute atomic E-state index is 0.191. The molecule has 0 heterocycles. The molecule has 1 rings (SSSR count). The van der Waals surface area contributed by atoms with Gasteiger partial charge in [0.15, 0.2) is 0 Å². The number of alkyl halides is 1. The molecule has 0 bridgehead atoms. The van der Waals surface area contributed by atoms with Gasteiger partial charge in [0, 0.05) is 10.2 Å². The highest BCUT2D eigenvalue weighted by Crippen LogP contribution is 2.14. The molecule has 1 aromatic carbocycles. The van der Waals surface area contributed by atoms with Crippen molar-refractivity contribution in [2.45, 2.75) is 12.3 Å². The zero-order valence-electron chi connectivity index (χ0n) is 7.05. The van der Waals surface area contributed by atoms with E-state index < -0.39 is 5.38 Å². The molecule has 0 fully saturated rings. The summed E-state index contributed by atoms with van der Waals surface area (Å²) in [4.78, 5) is 11.1. The van der Waals surface area contributed by atoms with E-state index in [1.54, 1.807) is 19.1 Å². The second kappa shape index (κ2) is 4.63. The number of halogens is 2. The summed E-state index contributed by atoms with van der Waals surface area (Å²) in [5, 5.41) is 2.17. The van der Waals surface area contributed by atoms with Crippen LogP contribution >= 0.6 is 27.5 Å². The predicted molar refractivity (Wildman–Crippen MR) is 58.1 cm³/mol. The average molecular weight is 263 g/mol. The number of carbonyl (C=O) groups excluding carboxylic acids is 1. The van der Waals surface area contributed by atoms with Gasteiger partial charge in [0.1, 0.15) is 5.38 Å². The van der Waals surface area contributed by atoms with E-state index in [9.17, 15) is 4.79 Å². The van der Waals surface area contributed by atoms with Crippen LogP contribution in [0.4, 0.5) is 5.69 Å². The van der Waals surface area contributed by atoms with Gasteiger partial charge < -0.3 is 5.32 Å². The van der Waals surface area contributed by atoms with Crippen molar-refractivity contribution in [2.24, 2.45) is 0 Å². The number of anilines is 1. The van der Waals surface area contributed by atoms with Crippen LogP contribution in [0.3, 0.4) is 0 Å². The fourth-order valence-electron chi connectivity index (χ4n) is 0.775. The molecule has 0 unspecified atom stereocenters. The summed E-state index contributed by atoms with van der Waals surface area (Å²) in [5.41, 5.74) is 0.751. The standard InChI is InChI=1S/C9H9BrClNO/c1-6(11)9(13)12-8-4-2-7(10)3-5-8/h2-6H,1H3,(H,12,13)/t6-/m1/s1. The van der Waals surface area contributed by atoms with Crippen LogP contribution in [-0.4, -0.2) is 11.3 Å². The zero-order valence-corrected chi connectivity index (χ0v) is 9.39. The molecule has 1 atom stereocenters. The van der Waals surface area contributed by atoms with Crippen LogP contribution in [-0.2, 0) is 4.79 Å². The summed E-state index contributed by atoms with van der Waals surface area (Å²) in [6.45, 7) is 1.63. The van der Waals surface area contributed by atoms with Crippen molar-refractivity contribution in [1.82, 2.24) is 0 Å². The Morgan fingerprint density at radius 2 is 2.00 bits per heavy atom. The van der Waals surface area contributed by atoms with E-state index >= 15 is 0 Å². The van der Waals surface area contributed by atoms with Gasteiger partial charge in [-0.3, -0.25) is 4.79 Å². The molecule has 13 heavy (non-hydrogen) atoms. The highest BCUT2D eigenvalue weighted by atomic mass is 79.9. The number of hydrogen-bond acceptors (Lipinski definition) is 1. The quantitative estimate of drug-likeness (QED) is 0.816. The van der Waals surface area contributed by atoms with Crippen molar-refractivity contribution in [2.75, 3.05) is 5.32 Å². The van der Waals surface area contributed by atoms with Crippen molar-refractivity contribution in [3.05, 3.63) is 28.7 Å². The van der Waals surface area contributed by atoms with Gasteiger partial charge in [-0.2, -0.15) is 0 Å². The Balaban J connectivity index is 2.65. The van der Waals surface area contributed by atoms with Crippen LogP contribution in [0.25, 0.3) is 0 Å². The van der Waals surface area contributed by atoms with E-state index in [1.807, 2.05) is 12.1 Å². The highest BCUT2D eigenvalue weighted by molar-refractivity contribution is 9.10. The Kier molecular flexibility index (Phi) is 3.75. The molecule has 0 radical (unpaired) electrons. The van der Waals surface area contributed by atoms with Gasteiger partial charge in [-0.05, 0) is 31.2 Å². The topological polar surface area (TPSA) is 29.1 Å². The number of amides is 1.